The van der Waals surface area contributed by atoms with E-state index in [0.29, 0.717) is 0 Å². The second kappa shape index (κ2) is 4.99. The smallest absolute Gasteiger partial charge is 0.218 e. The normalized spacial score (nSPS) is 51.2. The SMILES string of the molecule is CNC1OC2OC3C(CO)OC(NC)OC3C2O1. The van der Waals surface area contributed by atoms with Gasteiger partial charge in [0.25, 0.3) is 0 Å². The van der Waals surface area contributed by atoms with Crippen molar-refractivity contribution in [3.8, 4) is 0 Å². The van der Waals surface area contributed by atoms with Gasteiger partial charge < -0.3 is 28.8 Å². The van der Waals surface area contributed by atoms with Gasteiger partial charge in [0.15, 0.2) is 6.29 Å². The highest BCUT2D eigenvalue weighted by molar-refractivity contribution is 4.97. The Balaban J connectivity index is 1.74. The van der Waals surface area contributed by atoms with E-state index in [9.17, 15) is 5.11 Å². The third kappa shape index (κ3) is 1.95. The number of nitrogens with one attached hydrogen (secondary N) is 2. The molecule has 0 spiro atoms. The van der Waals surface area contributed by atoms with E-state index in [-0.39, 0.29) is 24.9 Å². The third-order valence-corrected chi connectivity index (χ3v) is 3.34. The Morgan fingerprint density at radius 1 is 0.833 bits per heavy atom. The maximum absolute atomic E-state index is 9.33. The molecule has 104 valence electrons. The molecule has 3 rings (SSSR count). The van der Waals surface area contributed by atoms with Crippen molar-refractivity contribution >= 4 is 0 Å². The van der Waals surface area contributed by atoms with E-state index in [0.717, 1.165) is 0 Å². The van der Waals surface area contributed by atoms with Crippen LogP contribution in [0.25, 0.3) is 0 Å². The number of hydrogen-bond acceptors (Lipinski definition) is 8. The van der Waals surface area contributed by atoms with Crippen LogP contribution in [-0.2, 0) is 23.7 Å². The van der Waals surface area contributed by atoms with Crippen molar-refractivity contribution in [2.24, 2.45) is 0 Å². The van der Waals surface area contributed by atoms with Crippen LogP contribution in [0.1, 0.15) is 0 Å². The summed E-state index contributed by atoms with van der Waals surface area (Å²) in [6, 6.07) is 0. The van der Waals surface area contributed by atoms with Crippen molar-refractivity contribution in [3.63, 3.8) is 0 Å². The highest BCUT2D eigenvalue weighted by Crippen LogP contribution is 2.38. The fourth-order valence-corrected chi connectivity index (χ4v) is 2.48. The van der Waals surface area contributed by atoms with Gasteiger partial charge in [0.1, 0.15) is 24.4 Å². The lowest BCUT2D eigenvalue weighted by Crippen LogP contribution is -2.56. The first-order valence-electron chi connectivity index (χ1n) is 5.99. The van der Waals surface area contributed by atoms with Crippen molar-refractivity contribution in [1.29, 1.82) is 0 Å². The van der Waals surface area contributed by atoms with E-state index in [1.54, 1.807) is 14.1 Å². The minimum atomic E-state index is -0.581. The lowest BCUT2D eigenvalue weighted by atomic mass is 10.1. The number of rotatable bonds is 3. The molecule has 18 heavy (non-hydrogen) atoms. The van der Waals surface area contributed by atoms with Crippen LogP contribution in [0.2, 0.25) is 0 Å². The van der Waals surface area contributed by atoms with Gasteiger partial charge in [0, 0.05) is 0 Å². The molecule has 7 unspecified atom stereocenters. The fourth-order valence-electron chi connectivity index (χ4n) is 2.48. The number of aliphatic hydroxyl groups is 1. The Morgan fingerprint density at radius 2 is 1.50 bits per heavy atom. The first kappa shape index (κ1) is 12.7. The Kier molecular flexibility index (Phi) is 3.52. The molecule has 3 saturated heterocycles. The van der Waals surface area contributed by atoms with Crippen LogP contribution < -0.4 is 10.6 Å². The van der Waals surface area contributed by atoms with Crippen LogP contribution in [0, 0.1) is 0 Å². The van der Waals surface area contributed by atoms with Crippen LogP contribution in [-0.4, -0.2) is 69.3 Å². The zero-order chi connectivity index (χ0) is 12.7. The number of hydrogen-bond donors (Lipinski definition) is 3. The summed E-state index contributed by atoms with van der Waals surface area (Å²) in [5.74, 6) is 0. The number of aliphatic hydroxyl groups excluding tert-OH is 1. The van der Waals surface area contributed by atoms with Gasteiger partial charge in [-0.15, -0.1) is 0 Å². The predicted molar refractivity (Wildman–Crippen MR) is 57.1 cm³/mol. The average Bonchev–Trinajstić information content (AvgIpc) is 2.94. The van der Waals surface area contributed by atoms with Crippen LogP contribution in [0.15, 0.2) is 0 Å². The molecule has 0 aliphatic carbocycles. The van der Waals surface area contributed by atoms with Crippen LogP contribution >= 0.6 is 0 Å². The van der Waals surface area contributed by atoms with E-state index in [2.05, 4.69) is 10.6 Å². The molecule has 3 N–H and O–H groups in total. The lowest BCUT2D eigenvalue weighted by molar-refractivity contribution is -0.309. The maximum atomic E-state index is 9.33. The molecule has 0 amide bonds. The van der Waals surface area contributed by atoms with E-state index in [1.807, 2.05) is 0 Å². The van der Waals surface area contributed by atoms with Crippen LogP contribution in [0.4, 0.5) is 0 Å². The highest BCUT2D eigenvalue weighted by atomic mass is 16.9. The molecule has 3 heterocycles. The van der Waals surface area contributed by atoms with Gasteiger partial charge >= 0.3 is 0 Å². The molecule has 3 fully saturated rings. The Bertz CT molecular complexity index is 306. The number of fused-ring (bicyclic) bond motifs is 3. The molecule has 0 radical (unpaired) electrons. The molecule has 0 bridgehead atoms. The molecule has 0 saturated carbocycles. The third-order valence-electron chi connectivity index (χ3n) is 3.34. The monoisotopic (exact) mass is 262 g/mol. The lowest BCUT2D eigenvalue weighted by Gasteiger charge is -2.37. The van der Waals surface area contributed by atoms with E-state index in [1.165, 1.54) is 0 Å². The summed E-state index contributed by atoms with van der Waals surface area (Å²) in [5.41, 5.74) is 0. The summed E-state index contributed by atoms with van der Waals surface area (Å²) >= 11 is 0. The zero-order valence-corrected chi connectivity index (χ0v) is 10.2. The molecule has 3 aliphatic heterocycles. The first-order chi connectivity index (χ1) is 8.76. The van der Waals surface area contributed by atoms with Gasteiger partial charge in [0.05, 0.1) is 6.61 Å². The minimum Gasteiger partial charge on any atom is -0.394 e. The molecular formula is C10H18N2O6. The Labute approximate surface area is 104 Å². The topological polar surface area (TPSA) is 90.4 Å². The van der Waals surface area contributed by atoms with E-state index >= 15 is 0 Å². The van der Waals surface area contributed by atoms with Gasteiger partial charge in [-0.1, -0.05) is 0 Å². The number of ether oxygens (including phenoxy) is 5. The zero-order valence-electron chi connectivity index (χ0n) is 10.2. The molecule has 0 aromatic heterocycles. The van der Waals surface area contributed by atoms with Crippen molar-refractivity contribution in [1.82, 2.24) is 10.6 Å². The minimum absolute atomic E-state index is 0.141. The van der Waals surface area contributed by atoms with E-state index in [4.69, 9.17) is 23.7 Å². The van der Waals surface area contributed by atoms with Gasteiger partial charge in [-0.2, -0.15) is 0 Å². The van der Waals surface area contributed by atoms with Gasteiger partial charge in [-0.05, 0) is 14.1 Å². The summed E-state index contributed by atoms with van der Waals surface area (Å²) < 4.78 is 28.0. The summed E-state index contributed by atoms with van der Waals surface area (Å²) in [7, 11) is 3.45. The Hall–Kier alpha value is -0.320. The average molecular weight is 262 g/mol. The second-order valence-electron chi connectivity index (χ2n) is 4.40. The van der Waals surface area contributed by atoms with Crippen molar-refractivity contribution in [2.45, 2.75) is 43.5 Å². The predicted octanol–water partition coefficient (Wildman–Crippen LogP) is -2.09. The van der Waals surface area contributed by atoms with Crippen LogP contribution in [0.3, 0.4) is 0 Å². The maximum Gasteiger partial charge on any atom is 0.218 e. The molecular weight excluding hydrogens is 244 g/mol. The molecule has 0 aromatic carbocycles. The van der Waals surface area contributed by atoms with Crippen molar-refractivity contribution in [2.75, 3.05) is 20.7 Å². The van der Waals surface area contributed by atoms with Crippen molar-refractivity contribution in [3.05, 3.63) is 0 Å². The summed E-state index contributed by atoms with van der Waals surface area (Å²) in [5, 5.41) is 15.1. The van der Waals surface area contributed by atoms with Crippen LogP contribution in [0.5, 0.6) is 0 Å². The van der Waals surface area contributed by atoms with Gasteiger partial charge in [-0.25, -0.2) is 0 Å². The first-order valence-corrected chi connectivity index (χ1v) is 5.99. The molecule has 3 aliphatic rings. The molecule has 8 nitrogen and oxygen atoms in total. The fraction of sp³-hybridized carbons (Fsp3) is 1.00. The second-order valence-corrected chi connectivity index (χ2v) is 4.40. The van der Waals surface area contributed by atoms with Crippen molar-refractivity contribution < 1.29 is 28.8 Å². The summed E-state index contributed by atoms with van der Waals surface area (Å²) in [4.78, 5) is 0. The molecule has 7 atom stereocenters. The van der Waals surface area contributed by atoms with Gasteiger partial charge in [-0.3, -0.25) is 10.6 Å². The standard InChI is InChI=1S/C10H18N2O6/c1-11-9-14-4(3-13)5-6(16-9)7-8(15-5)18-10(12-2)17-7/h4-13H,3H2,1-2H3. The molecule has 0 aromatic rings. The highest BCUT2D eigenvalue weighted by Gasteiger charge is 2.58. The molecule has 8 heteroatoms. The quantitative estimate of drug-likeness (QED) is 0.533. The summed E-state index contributed by atoms with van der Waals surface area (Å²) in [6.45, 7) is -0.141. The van der Waals surface area contributed by atoms with E-state index < -0.39 is 25.2 Å². The van der Waals surface area contributed by atoms with Gasteiger partial charge in [0.2, 0.25) is 12.8 Å². The Morgan fingerprint density at radius 3 is 2.17 bits per heavy atom. The summed E-state index contributed by atoms with van der Waals surface area (Å²) in [6.07, 6.45) is -3.04. The largest absolute Gasteiger partial charge is 0.394 e.